The van der Waals surface area contributed by atoms with Crippen molar-refractivity contribution in [3.8, 4) is 0 Å². The van der Waals surface area contributed by atoms with Crippen molar-refractivity contribution >= 4 is 39.1 Å². The Balaban J connectivity index is 1.59. The highest BCUT2D eigenvalue weighted by Crippen LogP contribution is 2.29. The Hall–Kier alpha value is -2.77. The minimum absolute atomic E-state index is 0.0674. The van der Waals surface area contributed by atoms with Crippen LogP contribution >= 0.6 is 11.8 Å². The molecule has 0 radical (unpaired) electrons. The maximum atomic E-state index is 13.2. The van der Waals surface area contributed by atoms with Crippen LogP contribution in [0.3, 0.4) is 0 Å². The second-order valence-corrected chi connectivity index (χ2v) is 10.3. The molecule has 1 aliphatic rings. The van der Waals surface area contributed by atoms with Crippen molar-refractivity contribution in [2.24, 2.45) is 0 Å². The summed E-state index contributed by atoms with van der Waals surface area (Å²) in [6.07, 6.45) is 3.85. The summed E-state index contributed by atoms with van der Waals surface area (Å²) in [5, 5.41) is 0. The largest absolute Gasteiger partial charge is 0.308 e. The van der Waals surface area contributed by atoms with Crippen molar-refractivity contribution < 1.29 is 13.2 Å². The summed E-state index contributed by atoms with van der Waals surface area (Å²) in [5.41, 5.74) is 3.22. The fraction of sp³-hybridized carbons (Fsp3) is 0.240. The van der Waals surface area contributed by atoms with Crippen LogP contribution in [0.25, 0.3) is 0 Å². The van der Waals surface area contributed by atoms with Gasteiger partial charge in [0.25, 0.3) is 15.9 Å². The molecule has 4 rings (SSSR count). The Morgan fingerprint density at radius 3 is 2.34 bits per heavy atom. The maximum Gasteiger partial charge on any atom is 0.264 e. The number of para-hydroxylation sites is 1. The molecule has 0 spiro atoms. The minimum atomic E-state index is -3.69. The molecule has 0 saturated heterocycles. The van der Waals surface area contributed by atoms with Gasteiger partial charge in [0.2, 0.25) is 0 Å². The Labute approximate surface area is 194 Å². The maximum absolute atomic E-state index is 13.2. The van der Waals surface area contributed by atoms with Crippen molar-refractivity contribution in [2.75, 3.05) is 28.6 Å². The van der Waals surface area contributed by atoms with E-state index < -0.39 is 10.0 Å². The third kappa shape index (κ3) is 4.27. The van der Waals surface area contributed by atoms with E-state index in [0.29, 0.717) is 24.3 Å². The summed E-state index contributed by atoms with van der Waals surface area (Å²) in [6.45, 7) is 2.77. The fourth-order valence-corrected chi connectivity index (χ4v) is 5.92. The zero-order chi connectivity index (χ0) is 22.7. The number of carbonyl (C=O) groups excluding carboxylic acids is 1. The number of amides is 1. The van der Waals surface area contributed by atoms with Gasteiger partial charge in [-0.05, 0) is 86.2 Å². The number of hydrogen-bond acceptors (Lipinski definition) is 4. The molecule has 0 N–H and O–H groups in total. The van der Waals surface area contributed by atoms with Crippen molar-refractivity contribution in [2.45, 2.75) is 29.6 Å². The molecule has 1 amide bonds. The van der Waals surface area contributed by atoms with Gasteiger partial charge in [0, 0.05) is 29.2 Å². The molecule has 0 saturated carbocycles. The lowest BCUT2D eigenvalue weighted by molar-refractivity contribution is 0.0985. The quantitative estimate of drug-likeness (QED) is 0.468. The van der Waals surface area contributed by atoms with E-state index in [0.717, 1.165) is 23.4 Å². The van der Waals surface area contributed by atoms with Crippen LogP contribution in [0.15, 0.2) is 82.6 Å². The highest BCUT2D eigenvalue weighted by molar-refractivity contribution is 7.98. The third-order valence-corrected chi connectivity index (χ3v) is 8.35. The van der Waals surface area contributed by atoms with Gasteiger partial charge in [-0.3, -0.25) is 9.10 Å². The number of anilines is 2. The molecule has 0 bridgehead atoms. The SMILES string of the molecule is CCN(c1ccc(C(=O)N2CCCc3ccccc32)cc1)S(=O)(=O)c1ccc(SC)cc1. The van der Waals surface area contributed by atoms with E-state index in [2.05, 4.69) is 6.07 Å². The van der Waals surface area contributed by atoms with Crippen LogP contribution in [-0.4, -0.2) is 33.7 Å². The number of rotatable bonds is 6. The predicted octanol–water partition coefficient (Wildman–Crippen LogP) is 5.22. The van der Waals surface area contributed by atoms with Gasteiger partial charge in [-0.15, -0.1) is 11.8 Å². The smallest absolute Gasteiger partial charge is 0.264 e. The van der Waals surface area contributed by atoms with Crippen LogP contribution in [0.5, 0.6) is 0 Å². The van der Waals surface area contributed by atoms with E-state index in [1.165, 1.54) is 9.87 Å². The van der Waals surface area contributed by atoms with Crippen LogP contribution in [0.2, 0.25) is 0 Å². The molecule has 1 heterocycles. The van der Waals surface area contributed by atoms with Crippen molar-refractivity contribution in [1.82, 2.24) is 0 Å². The second-order valence-electron chi connectivity index (χ2n) is 7.58. The molecule has 5 nitrogen and oxygen atoms in total. The van der Waals surface area contributed by atoms with E-state index in [1.807, 2.05) is 41.5 Å². The molecular weight excluding hydrogens is 440 g/mol. The van der Waals surface area contributed by atoms with Crippen LogP contribution in [0.4, 0.5) is 11.4 Å². The Morgan fingerprint density at radius 1 is 1.00 bits per heavy atom. The molecule has 0 atom stereocenters. The average molecular weight is 467 g/mol. The minimum Gasteiger partial charge on any atom is -0.308 e. The van der Waals surface area contributed by atoms with Crippen LogP contribution < -0.4 is 9.21 Å². The highest BCUT2D eigenvalue weighted by atomic mass is 32.2. The number of thioether (sulfide) groups is 1. The zero-order valence-electron chi connectivity index (χ0n) is 18.2. The van der Waals surface area contributed by atoms with Crippen molar-refractivity contribution in [1.29, 1.82) is 0 Å². The monoisotopic (exact) mass is 466 g/mol. The van der Waals surface area contributed by atoms with Gasteiger partial charge in [0.05, 0.1) is 10.6 Å². The van der Waals surface area contributed by atoms with Gasteiger partial charge in [-0.25, -0.2) is 8.42 Å². The Bertz CT molecular complexity index is 1210. The van der Waals surface area contributed by atoms with E-state index in [1.54, 1.807) is 55.1 Å². The molecule has 0 aromatic heterocycles. The van der Waals surface area contributed by atoms with Gasteiger partial charge in [0.15, 0.2) is 0 Å². The molecule has 0 unspecified atom stereocenters. The molecule has 3 aromatic rings. The number of sulfonamides is 1. The van der Waals surface area contributed by atoms with E-state index in [4.69, 9.17) is 0 Å². The van der Waals surface area contributed by atoms with Crippen LogP contribution in [0, 0.1) is 0 Å². The van der Waals surface area contributed by atoms with Gasteiger partial charge in [0.1, 0.15) is 0 Å². The first-order chi connectivity index (χ1) is 15.5. The van der Waals surface area contributed by atoms with Crippen molar-refractivity contribution in [3.05, 3.63) is 83.9 Å². The highest BCUT2D eigenvalue weighted by Gasteiger charge is 2.26. The first-order valence-corrected chi connectivity index (χ1v) is 13.3. The first-order valence-electron chi connectivity index (χ1n) is 10.6. The molecule has 0 aliphatic carbocycles. The number of fused-ring (bicyclic) bond motifs is 1. The lowest BCUT2D eigenvalue weighted by atomic mass is 10.0. The van der Waals surface area contributed by atoms with E-state index >= 15 is 0 Å². The molecular formula is C25H26N2O3S2. The van der Waals surface area contributed by atoms with Gasteiger partial charge >= 0.3 is 0 Å². The number of carbonyl (C=O) groups is 1. The molecule has 166 valence electrons. The summed E-state index contributed by atoms with van der Waals surface area (Å²) in [7, 11) is -3.69. The average Bonchev–Trinajstić information content (AvgIpc) is 2.84. The molecule has 1 aliphatic heterocycles. The van der Waals surface area contributed by atoms with E-state index in [9.17, 15) is 13.2 Å². The van der Waals surface area contributed by atoms with Crippen molar-refractivity contribution in [3.63, 3.8) is 0 Å². The normalized spacial score (nSPS) is 13.5. The number of benzene rings is 3. The Morgan fingerprint density at radius 2 is 1.69 bits per heavy atom. The summed E-state index contributed by atoms with van der Waals surface area (Å²) in [4.78, 5) is 16.3. The standard InChI is InChI=1S/C25H26N2O3S2/c1-3-27(32(29,30)23-16-14-22(31-2)15-17-23)21-12-10-20(11-13-21)25(28)26-18-6-8-19-7-4-5-9-24(19)26/h4-5,7,9-17H,3,6,8,18H2,1-2H3. The number of hydrogen-bond donors (Lipinski definition) is 0. The predicted molar refractivity (Wildman–Crippen MR) is 131 cm³/mol. The second kappa shape index (κ2) is 9.38. The molecule has 7 heteroatoms. The summed E-state index contributed by atoms with van der Waals surface area (Å²) >= 11 is 1.57. The zero-order valence-corrected chi connectivity index (χ0v) is 19.8. The molecule has 0 fully saturated rings. The summed E-state index contributed by atoms with van der Waals surface area (Å²) < 4.78 is 27.8. The van der Waals surface area contributed by atoms with Crippen LogP contribution in [-0.2, 0) is 16.4 Å². The number of nitrogens with zero attached hydrogens (tertiary/aromatic N) is 2. The lowest BCUT2D eigenvalue weighted by Gasteiger charge is -2.29. The van der Waals surface area contributed by atoms with Gasteiger partial charge in [-0.1, -0.05) is 18.2 Å². The topological polar surface area (TPSA) is 57.7 Å². The fourth-order valence-electron chi connectivity index (χ4n) is 4.04. The molecule has 32 heavy (non-hydrogen) atoms. The third-order valence-electron chi connectivity index (χ3n) is 5.69. The van der Waals surface area contributed by atoms with E-state index in [-0.39, 0.29) is 10.8 Å². The first kappa shape index (κ1) is 22.4. The molecule has 3 aromatic carbocycles. The summed E-state index contributed by atoms with van der Waals surface area (Å²) in [6, 6.07) is 21.7. The Kier molecular flexibility index (Phi) is 6.58. The van der Waals surface area contributed by atoms with Gasteiger partial charge < -0.3 is 4.90 Å². The lowest BCUT2D eigenvalue weighted by Crippen LogP contribution is -2.35. The van der Waals surface area contributed by atoms with Gasteiger partial charge in [-0.2, -0.15) is 0 Å². The van der Waals surface area contributed by atoms with Crippen LogP contribution in [0.1, 0.15) is 29.3 Å². The number of aryl methyl sites for hydroxylation is 1. The summed E-state index contributed by atoms with van der Waals surface area (Å²) in [5.74, 6) is -0.0674.